The molecule has 0 saturated heterocycles. The van der Waals surface area contributed by atoms with Crippen molar-refractivity contribution in [3.8, 4) is 0 Å². The summed E-state index contributed by atoms with van der Waals surface area (Å²) in [5.41, 5.74) is 11.3. The Morgan fingerprint density at radius 1 is 1.56 bits per heavy atom. The lowest BCUT2D eigenvalue weighted by Crippen LogP contribution is -2.51. The van der Waals surface area contributed by atoms with Crippen LogP contribution < -0.4 is 16.8 Å². The monoisotopic (exact) mass is 220 g/mol. The van der Waals surface area contributed by atoms with Gasteiger partial charge in [0.25, 0.3) is 5.91 Å². The average Bonchev–Trinajstić information content (AvgIpc) is 2.24. The molecule has 86 valence electrons. The van der Waals surface area contributed by atoms with Crippen LogP contribution in [0.4, 0.5) is 5.82 Å². The predicted octanol–water partition coefficient (Wildman–Crippen LogP) is 0.474. The van der Waals surface area contributed by atoms with E-state index in [1.807, 2.05) is 0 Å². The number of hydrogen-bond donors (Lipinski definition) is 3. The van der Waals surface area contributed by atoms with Crippen molar-refractivity contribution >= 4 is 11.7 Å². The van der Waals surface area contributed by atoms with Crippen LogP contribution in [0.1, 0.15) is 29.6 Å². The van der Waals surface area contributed by atoms with E-state index < -0.39 is 5.91 Å². The highest BCUT2D eigenvalue weighted by atomic mass is 16.1. The first-order chi connectivity index (χ1) is 7.67. The number of nitrogens with two attached hydrogens (primary N) is 2. The number of primary amides is 1. The van der Waals surface area contributed by atoms with Crippen molar-refractivity contribution in [1.82, 2.24) is 4.98 Å². The van der Waals surface area contributed by atoms with E-state index in [2.05, 4.69) is 10.3 Å². The maximum atomic E-state index is 11.2. The summed E-state index contributed by atoms with van der Waals surface area (Å²) in [5.74, 6) is 0.0715. The molecule has 16 heavy (non-hydrogen) atoms. The molecule has 0 unspecified atom stereocenters. The van der Waals surface area contributed by atoms with Crippen LogP contribution in [0.25, 0.3) is 0 Å². The van der Waals surface area contributed by atoms with E-state index in [0.29, 0.717) is 17.9 Å². The first-order valence-corrected chi connectivity index (χ1v) is 5.40. The van der Waals surface area contributed by atoms with Gasteiger partial charge in [-0.3, -0.25) is 4.79 Å². The van der Waals surface area contributed by atoms with E-state index in [-0.39, 0.29) is 5.54 Å². The summed E-state index contributed by atoms with van der Waals surface area (Å²) in [6.07, 6.45) is 4.82. The summed E-state index contributed by atoms with van der Waals surface area (Å²) in [4.78, 5) is 15.4. The Morgan fingerprint density at radius 2 is 2.31 bits per heavy atom. The Morgan fingerprint density at radius 3 is 2.81 bits per heavy atom. The first kappa shape index (κ1) is 10.9. The Balaban J connectivity index is 2.23. The molecule has 1 heterocycles. The topological polar surface area (TPSA) is 94.0 Å². The number of aromatic nitrogens is 1. The minimum absolute atomic E-state index is 0.0987. The summed E-state index contributed by atoms with van der Waals surface area (Å²) in [6, 6.07) is 3.36. The Labute approximate surface area is 94.2 Å². The van der Waals surface area contributed by atoms with Crippen molar-refractivity contribution in [2.24, 2.45) is 11.5 Å². The van der Waals surface area contributed by atoms with Crippen LogP contribution in [0.2, 0.25) is 0 Å². The average molecular weight is 220 g/mol. The fraction of sp³-hybridized carbons (Fsp3) is 0.455. The Kier molecular flexibility index (Phi) is 2.78. The highest BCUT2D eigenvalue weighted by Gasteiger charge is 2.36. The number of carbonyl (C=O) groups is 1. The number of anilines is 1. The van der Waals surface area contributed by atoms with Gasteiger partial charge in [-0.05, 0) is 31.4 Å². The molecule has 1 fully saturated rings. The lowest BCUT2D eigenvalue weighted by Gasteiger charge is -2.42. The molecule has 1 aliphatic carbocycles. The number of rotatable bonds is 4. The second-order valence-electron chi connectivity index (χ2n) is 4.23. The Hall–Kier alpha value is -1.62. The van der Waals surface area contributed by atoms with Crippen molar-refractivity contribution in [3.05, 3.63) is 23.9 Å². The maximum Gasteiger partial charge on any atom is 0.252 e. The summed E-state index contributed by atoms with van der Waals surface area (Å²) in [5, 5.41) is 3.25. The fourth-order valence-electron chi connectivity index (χ4n) is 1.94. The van der Waals surface area contributed by atoms with Crippen molar-refractivity contribution < 1.29 is 4.79 Å². The SMILES string of the molecule is NCC1(Nc2ncccc2C(N)=O)CCC1. The fourth-order valence-corrected chi connectivity index (χ4v) is 1.94. The molecule has 1 aliphatic rings. The summed E-state index contributed by atoms with van der Waals surface area (Å²) < 4.78 is 0. The van der Waals surface area contributed by atoms with Crippen LogP contribution in [-0.4, -0.2) is 23.0 Å². The van der Waals surface area contributed by atoms with Gasteiger partial charge in [0.1, 0.15) is 5.82 Å². The van der Waals surface area contributed by atoms with E-state index in [1.165, 1.54) is 0 Å². The number of amides is 1. The smallest absolute Gasteiger partial charge is 0.252 e. The molecule has 5 N–H and O–H groups in total. The third-order valence-corrected chi connectivity index (χ3v) is 3.16. The number of nitrogens with one attached hydrogen (secondary N) is 1. The van der Waals surface area contributed by atoms with E-state index in [1.54, 1.807) is 18.3 Å². The van der Waals surface area contributed by atoms with Gasteiger partial charge in [-0.25, -0.2) is 4.98 Å². The number of carbonyl (C=O) groups excluding carboxylic acids is 1. The van der Waals surface area contributed by atoms with Gasteiger partial charge in [0.15, 0.2) is 0 Å². The van der Waals surface area contributed by atoms with E-state index in [4.69, 9.17) is 11.5 Å². The lowest BCUT2D eigenvalue weighted by molar-refractivity contribution is 0.100. The van der Waals surface area contributed by atoms with Gasteiger partial charge in [-0.2, -0.15) is 0 Å². The minimum Gasteiger partial charge on any atom is -0.365 e. The van der Waals surface area contributed by atoms with Crippen molar-refractivity contribution in [3.63, 3.8) is 0 Å². The molecule has 0 aromatic carbocycles. The van der Waals surface area contributed by atoms with Crippen molar-refractivity contribution in [2.45, 2.75) is 24.8 Å². The van der Waals surface area contributed by atoms with Gasteiger partial charge in [0.2, 0.25) is 0 Å². The van der Waals surface area contributed by atoms with Crippen molar-refractivity contribution in [2.75, 3.05) is 11.9 Å². The number of hydrogen-bond acceptors (Lipinski definition) is 4. The number of nitrogens with zero attached hydrogens (tertiary/aromatic N) is 1. The molecule has 1 saturated carbocycles. The predicted molar refractivity (Wildman–Crippen MR) is 62.0 cm³/mol. The third-order valence-electron chi connectivity index (χ3n) is 3.16. The second-order valence-corrected chi connectivity index (χ2v) is 4.23. The van der Waals surface area contributed by atoms with Crippen LogP contribution in [0, 0.1) is 0 Å². The summed E-state index contributed by atoms with van der Waals surface area (Å²) in [7, 11) is 0. The molecule has 0 spiro atoms. The van der Waals surface area contributed by atoms with Gasteiger partial charge in [-0.1, -0.05) is 0 Å². The molecule has 5 heteroatoms. The van der Waals surface area contributed by atoms with Crippen LogP contribution >= 0.6 is 0 Å². The minimum atomic E-state index is -0.470. The van der Waals surface area contributed by atoms with Crippen LogP contribution in [0.5, 0.6) is 0 Å². The molecule has 2 rings (SSSR count). The van der Waals surface area contributed by atoms with E-state index in [0.717, 1.165) is 19.3 Å². The van der Waals surface area contributed by atoms with Gasteiger partial charge in [0, 0.05) is 12.7 Å². The second kappa shape index (κ2) is 4.09. The van der Waals surface area contributed by atoms with E-state index >= 15 is 0 Å². The summed E-state index contributed by atoms with van der Waals surface area (Å²) >= 11 is 0. The van der Waals surface area contributed by atoms with Gasteiger partial charge in [0.05, 0.1) is 11.1 Å². The third kappa shape index (κ3) is 1.86. The van der Waals surface area contributed by atoms with Gasteiger partial charge >= 0.3 is 0 Å². The van der Waals surface area contributed by atoms with E-state index in [9.17, 15) is 4.79 Å². The molecular formula is C11H16N4O. The zero-order valence-electron chi connectivity index (χ0n) is 9.07. The summed E-state index contributed by atoms with van der Waals surface area (Å²) in [6.45, 7) is 0.543. The van der Waals surface area contributed by atoms with Crippen molar-refractivity contribution in [1.29, 1.82) is 0 Å². The zero-order chi connectivity index (χ0) is 11.6. The normalized spacial score (nSPS) is 17.6. The molecule has 1 aromatic heterocycles. The molecule has 1 aromatic rings. The molecule has 0 bridgehead atoms. The Bertz CT molecular complexity index is 395. The number of pyridine rings is 1. The molecule has 0 aliphatic heterocycles. The van der Waals surface area contributed by atoms with Crippen LogP contribution in [0.15, 0.2) is 18.3 Å². The standard InChI is InChI=1S/C11H16N4O/c12-7-11(4-2-5-11)15-10-8(9(13)16)3-1-6-14-10/h1,3,6H,2,4-5,7,12H2,(H2,13,16)(H,14,15). The highest BCUT2D eigenvalue weighted by Crippen LogP contribution is 2.34. The van der Waals surface area contributed by atoms with Gasteiger partial charge < -0.3 is 16.8 Å². The molecule has 5 nitrogen and oxygen atoms in total. The lowest BCUT2D eigenvalue weighted by atomic mass is 9.76. The molecule has 0 atom stereocenters. The molecule has 1 amide bonds. The zero-order valence-corrected chi connectivity index (χ0v) is 9.07. The maximum absolute atomic E-state index is 11.2. The molecule has 0 radical (unpaired) electrons. The highest BCUT2D eigenvalue weighted by molar-refractivity contribution is 5.97. The quantitative estimate of drug-likeness (QED) is 0.687. The largest absolute Gasteiger partial charge is 0.365 e. The first-order valence-electron chi connectivity index (χ1n) is 5.40. The van der Waals surface area contributed by atoms with Crippen LogP contribution in [0.3, 0.4) is 0 Å². The van der Waals surface area contributed by atoms with Crippen LogP contribution in [-0.2, 0) is 0 Å². The molecular weight excluding hydrogens is 204 g/mol. The van der Waals surface area contributed by atoms with Gasteiger partial charge in [-0.15, -0.1) is 0 Å².